The van der Waals surface area contributed by atoms with E-state index in [9.17, 15) is 13.2 Å². The molecule has 0 saturated heterocycles. The number of rotatable bonds is 2. The number of benzene rings is 2. The molecule has 0 radical (unpaired) electrons. The van der Waals surface area contributed by atoms with Crippen LogP contribution < -0.4 is 0 Å². The minimum absolute atomic E-state index is 0.0666. The molecule has 116 valence electrons. The van der Waals surface area contributed by atoms with E-state index in [0.29, 0.717) is 11.1 Å². The van der Waals surface area contributed by atoms with Crippen molar-refractivity contribution in [3.63, 3.8) is 0 Å². The normalized spacial score (nSPS) is 11.5. The first-order valence-corrected chi connectivity index (χ1v) is 7.02. The summed E-state index contributed by atoms with van der Waals surface area (Å²) in [5.41, 5.74) is 1.45. The van der Waals surface area contributed by atoms with Crippen molar-refractivity contribution in [2.24, 2.45) is 0 Å². The Balaban J connectivity index is 2.20. The van der Waals surface area contributed by atoms with Gasteiger partial charge in [0, 0.05) is 11.1 Å². The minimum Gasteiger partial charge on any atom is -0.228 e. The Bertz CT molecular complexity index is 827. The monoisotopic (exact) mass is 314 g/mol. The van der Waals surface area contributed by atoms with Gasteiger partial charge in [-0.3, -0.25) is 0 Å². The third kappa shape index (κ3) is 3.39. The van der Waals surface area contributed by atoms with E-state index < -0.39 is 11.9 Å². The van der Waals surface area contributed by atoms with E-state index in [2.05, 4.69) is 9.97 Å². The Hall–Kier alpha value is -2.69. The Morgan fingerprint density at radius 3 is 2.13 bits per heavy atom. The maximum Gasteiger partial charge on any atom is 0.433 e. The number of halogens is 3. The standard InChI is InChI=1S/C18H13F3N2/c1-12-6-5-9-14(10-12)15-11-16(18(19,20)21)23-17(22-15)13-7-3-2-4-8-13/h2-11H,1H3. The molecule has 0 unspecified atom stereocenters. The average Bonchev–Trinajstić information content (AvgIpc) is 2.54. The molecule has 0 aliphatic rings. The smallest absolute Gasteiger partial charge is 0.228 e. The van der Waals surface area contributed by atoms with Gasteiger partial charge in [0.25, 0.3) is 0 Å². The molecule has 0 saturated carbocycles. The van der Waals surface area contributed by atoms with Gasteiger partial charge in [-0.15, -0.1) is 0 Å². The van der Waals surface area contributed by atoms with Crippen LogP contribution in [-0.2, 0) is 6.18 Å². The fraction of sp³-hybridized carbons (Fsp3) is 0.111. The molecule has 3 rings (SSSR count). The molecule has 0 bridgehead atoms. The molecule has 1 heterocycles. The quantitative estimate of drug-likeness (QED) is 0.654. The molecule has 3 aromatic rings. The summed E-state index contributed by atoms with van der Waals surface area (Å²) in [4.78, 5) is 8.00. The van der Waals surface area contributed by atoms with Crippen molar-refractivity contribution in [3.8, 4) is 22.6 Å². The van der Waals surface area contributed by atoms with Crippen molar-refractivity contribution in [2.45, 2.75) is 13.1 Å². The fourth-order valence-electron chi connectivity index (χ4n) is 2.26. The van der Waals surface area contributed by atoms with Gasteiger partial charge in [-0.1, -0.05) is 54.1 Å². The number of hydrogen-bond donors (Lipinski definition) is 0. The highest BCUT2D eigenvalue weighted by Crippen LogP contribution is 2.32. The maximum atomic E-state index is 13.2. The number of hydrogen-bond acceptors (Lipinski definition) is 2. The molecule has 0 amide bonds. The molecule has 0 atom stereocenters. The lowest BCUT2D eigenvalue weighted by Gasteiger charge is -2.11. The van der Waals surface area contributed by atoms with E-state index in [1.54, 1.807) is 48.5 Å². The van der Waals surface area contributed by atoms with Gasteiger partial charge in [-0.2, -0.15) is 13.2 Å². The molecule has 0 aliphatic carbocycles. The minimum atomic E-state index is -4.52. The predicted octanol–water partition coefficient (Wildman–Crippen LogP) is 5.14. The van der Waals surface area contributed by atoms with Gasteiger partial charge in [-0.05, 0) is 19.1 Å². The van der Waals surface area contributed by atoms with Gasteiger partial charge in [0.1, 0.15) is 5.69 Å². The van der Waals surface area contributed by atoms with Crippen molar-refractivity contribution >= 4 is 0 Å². The van der Waals surface area contributed by atoms with E-state index in [0.717, 1.165) is 11.6 Å². The fourth-order valence-corrected chi connectivity index (χ4v) is 2.26. The zero-order chi connectivity index (χ0) is 16.4. The van der Waals surface area contributed by atoms with E-state index >= 15 is 0 Å². The summed E-state index contributed by atoms with van der Waals surface area (Å²) in [5.74, 6) is 0.0666. The Kier molecular flexibility index (Phi) is 3.86. The Morgan fingerprint density at radius 1 is 0.783 bits per heavy atom. The molecule has 5 heteroatoms. The maximum absolute atomic E-state index is 13.2. The molecule has 1 aromatic heterocycles. The topological polar surface area (TPSA) is 25.8 Å². The van der Waals surface area contributed by atoms with Crippen LogP contribution in [0.2, 0.25) is 0 Å². The third-order valence-corrected chi connectivity index (χ3v) is 3.36. The van der Waals surface area contributed by atoms with Crippen molar-refractivity contribution in [3.05, 3.63) is 71.9 Å². The van der Waals surface area contributed by atoms with Crippen LogP contribution in [0.4, 0.5) is 13.2 Å². The summed E-state index contributed by atoms with van der Waals surface area (Å²) in [6, 6.07) is 16.9. The van der Waals surface area contributed by atoms with Gasteiger partial charge < -0.3 is 0 Å². The number of aromatic nitrogens is 2. The van der Waals surface area contributed by atoms with Crippen molar-refractivity contribution in [1.29, 1.82) is 0 Å². The van der Waals surface area contributed by atoms with E-state index in [1.165, 1.54) is 0 Å². The summed E-state index contributed by atoms with van der Waals surface area (Å²) < 4.78 is 39.5. The molecule has 0 N–H and O–H groups in total. The molecule has 0 fully saturated rings. The number of aryl methyl sites for hydroxylation is 1. The zero-order valence-corrected chi connectivity index (χ0v) is 12.3. The first-order valence-electron chi connectivity index (χ1n) is 7.02. The molecule has 2 aromatic carbocycles. The average molecular weight is 314 g/mol. The SMILES string of the molecule is Cc1cccc(-c2cc(C(F)(F)F)nc(-c3ccccc3)n2)c1. The van der Waals surface area contributed by atoms with Crippen LogP contribution in [0.1, 0.15) is 11.3 Å². The van der Waals surface area contributed by atoms with Gasteiger partial charge >= 0.3 is 6.18 Å². The van der Waals surface area contributed by atoms with Gasteiger partial charge in [0.05, 0.1) is 5.69 Å². The lowest BCUT2D eigenvalue weighted by Crippen LogP contribution is -2.10. The first kappa shape index (κ1) is 15.2. The highest BCUT2D eigenvalue weighted by atomic mass is 19.4. The third-order valence-electron chi connectivity index (χ3n) is 3.36. The second-order valence-corrected chi connectivity index (χ2v) is 5.20. The van der Waals surface area contributed by atoms with E-state index in [1.807, 2.05) is 13.0 Å². The largest absolute Gasteiger partial charge is 0.433 e. The van der Waals surface area contributed by atoms with Crippen LogP contribution in [0.15, 0.2) is 60.7 Å². The van der Waals surface area contributed by atoms with Crippen molar-refractivity contribution < 1.29 is 13.2 Å². The first-order chi connectivity index (χ1) is 10.9. The second kappa shape index (κ2) is 5.83. The highest BCUT2D eigenvalue weighted by Gasteiger charge is 2.33. The van der Waals surface area contributed by atoms with E-state index in [-0.39, 0.29) is 11.5 Å². The van der Waals surface area contributed by atoms with Crippen LogP contribution in [0.5, 0.6) is 0 Å². The molecule has 0 spiro atoms. The molecule has 23 heavy (non-hydrogen) atoms. The van der Waals surface area contributed by atoms with Crippen LogP contribution in [0.25, 0.3) is 22.6 Å². The summed E-state index contributed by atoms with van der Waals surface area (Å²) in [7, 11) is 0. The number of alkyl halides is 3. The molecule has 0 aliphatic heterocycles. The van der Waals surface area contributed by atoms with Crippen LogP contribution >= 0.6 is 0 Å². The molecule has 2 nitrogen and oxygen atoms in total. The van der Waals surface area contributed by atoms with Crippen molar-refractivity contribution in [1.82, 2.24) is 9.97 Å². The highest BCUT2D eigenvalue weighted by molar-refractivity contribution is 5.65. The van der Waals surface area contributed by atoms with Crippen LogP contribution in [0, 0.1) is 6.92 Å². The van der Waals surface area contributed by atoms with E-state index in [4.69, 9.17) is 0 Å². The lowest BCUT2D eigenvalue weighted by molar-refractivity contribution is -0.141. The summed E-state index contributed by atoms with van der Waals surface area (Å²) in [6.07, 6.45) is -4.52. The summed E-state index contributed by atoms with van der Waals surface area (Å²) in [5, 5.41) is 0. The Morgan fingerprint density at radius 2 is 1.48 bits per heavy atom. The predicted molar refractivity (Wildman–Crippen MR) is 82.6 cm³/mol. The number of nitrogens with zero attached hydrogens (tertiary/aromatic N) is 2. The van der Waals surface area contributed by atoms with Gasteiger partial charge in [0.2, 0.25) is 0 Å². The van der Waals surface area contributed by atoms with Crippen LogP contribution in [0.3, 0.4) is 0 Å². The summed E-state index contributed by atoms with van der Waals surface area (Å²) in [6.45, 7) is 1.88. The molecular weight excluding hydrogens is 301 g/mol. The zero-order valence-electron chi connectivity index (χ0n) is 12.3. The van der Waals surface area contributed by atoms with Gasteiger partial charge in [0.15, 0.2) is 5.82 Å². The van der Waals surface area contributed by atoms with Crippen molar-refractivity contribution in [2.75, 3.05) is 0 Å². The summed E-state index contributed by atoms with van der Waals surface area (Å²) >= 11 is 0. The molecular formula is C18H13F3N2. The lowest BCUT2D eigenvalue weighted by atomic mass is 10.1. The van der Waals surface area contributed by atoms with Gasteiger partial charge in [-0.25, -0.2) is 9.97 Å². The van der Waals surface area contributed by atoms with Crippen LogP contribution in [-0.4, -0.2) is 9.97 Å². The Labute approximate surface area is 131 Å². The second-order valence-electron chi connectivity index (χ2n) is 5.20.